The quantitative estimate of drug-likeness (QED) is 0.820. The fourth-order valence-corrected chi connectivity index (χ4v) is 4.64. The normalized spacial score (nSPS) is 14.4. The number of anilines is 2. The van der Waals surface area contributed by atoms with E-state index >= 15 is 0 Å². The summed E-state index contributed by atoms with van der Waals surface area (Å²) in [6, 6.07) is 12.9. The Morgan fingerprint density at radius 3 is 2.41 bits per heavy atom. The minimum atomic E-state index is -3.22. The first kappa shape index (κ1) is 19.4. The van der Waals surface area contributed by atoms with Gasteiger partial charge in [-0.2, -0.15) is 4.31 Å². The zero-order chi connectivity index (χ0) is 19.4. The van der Waals surface area contributed by atoms with Gasteiger partial charge in [-0.3, -0.25) is 0 Å². The smallest absolute Gasteiger partial charge is 0.308 e. The molecule has 1 heterocycles. The third kappa shape index (κ3) is 4.87. The number of hydrogen-bond acceptors (Lipinski definition) is 3. The standard InChI is InChI=1S/C20H25N3O3S/c1-3-12-27(25,26)23-11-10-16-6-9-19(13-17(16)14-23)22-20(24)21-18-7-4-15(2)5-8-18/h4-9,13H,3,10-12,14H2,1-2H3,(H2,21,22,24). The molecule has 0 fully saturated rings. The van der Waals surface area contributed by atoms with Gasteiger partial charge in [0.1, 0.15) is 0 Å². The molecular weight excluding hydrogens is 362 g/mol. The van der Waals surface area contributed by atoms with E-state index < -0.39 is 10.0 Å². The molecule has 1 aliphatic rings. The Kier molecular flexibility index (Phi) is 5.82. The van der Waals surface area contributed by atoms with Crippen molar-refractivity contribution >= 4 is 27.4 Å². The van der Waals surface area contributed by atoms with Crippen molar-refractivity contribution in [1.29, 1.82) is 0 Å². The average Bonchev–Trinajstić information content (AvgIpc) is 2.63. The molecule has 2 aromatic rings. The van der Waals surface area contributed by atoms with E-state index in [-0.39, 0.29) is 11.8 Å². The number of carbonyl (C=O) groups excluding carboxylic acids is 1. The summed E-state index contributed by atoms with van der Waals surface area (Å²) in [5.41, 5.74) is 4.55. The van der Waals surface area contributed by atoms with Crippen molar-refractivity contribution in [2.75, 3.05) is 22.9 Å². The molecule has 7 heteroatoms. The van der Waals surface area contributed by atoms with Crippen molar-refractivity contribution in [3.05, 3.63) is 59.2 Å². The number of aryl methyl sites for hydroxylation is 1. The van der Waals surface area contributed by atoms with Crippen LogP contribution in [0.1, 0.15) is 30.0 Å². The number of nitrogens with zero attached hydrogens (tertiary/aromatic N) is 1. The summed E-state index contributed by atoms with van der Waals surface area (Å²) >= 11 is 0. The lowest BCUT2D eigenvalue weighted by molar-refractivity contribution is 0.262. The predicted octanol–water partition coefficient (Wildman–Crippen LogP) is 3.74. The first-order valence-electron chi connectivity index (χ1n) is 9.11. The van der Waals surface area contributed by atoms with Crippen LogP contribution in [0.15, 0.2) is 42.5 Å². The first-order chi connectivity index (χ1) is 12.9. The van der Waals surface area contributed by atoms with Crippen molar-refractivity contribution < 1.29 is 13.2 Å². The van der Waals surface area contributed by atoms with Gasteiger partial charge in [0.25, 0.3) is 0 Å². The number of sulfonamides is 1. The second-order valence-corrected chi connectivity index (χ2v) is 8.92. The number of benzene rings is 2. The highest BCUT2D eigenvalue weighted by atomic mass is 32.2. The molecular formula is C20H25N3O3S. The van der Waals surface area contributed by atoms with Gasteiger partial charge in [-0.15, -0.1) is 0 Å². The van der Waals surface area contributed by atoms with Gasteiger partial charge in [-0.05, 0) is 55.2 Å². The molecule has 3 rings (SSSR count). The minimum absolute atomic E-state index is 0.166. The summed E-state index contributed by atoms with van der Waals surface area (Å²) in [7, 11) is -3.22. The largest absolute Gasteiger partial charge is 0.323 e. The maximum atomic E-state index is 12.3. The number of carbonyl (C=O) groups is 1. The minimum Gasteiger partial charge on any atom is -0.308 e. The molecule has 0 saturated carbocycles. The van der Waals surface area contributed by atoms with E-state index in [2.05, 4.69) is 10.6 Å². The van der Waals surface area contributed by atoms with Crippen molar-refractivity contribution in [1.82, 2.24) is 4.31 Å². The van der Waals surface area contributed by atoms with Crippen LogP contribution in [0.4, 0.5) is 16.2 Å². The van der Waals surface area contributed by atoms with Crippen molar-refractivity contribution in [3.63, 3.8) is 0 Å². The number of urea groups is 1. The molecule has 2 amide bonds. The van der Waals surface area contributed by atoms with Gasteiger partial charge in [0, 0.05) is 24.5 Å². The average molecular weight is 388 g/mol. The molecule has 0 aliphatic carbocycles. The van der Waals surface area contributed by atoms with Crippen LogP contribution in [-0.2, 0) is 23.0 Å². The van der Waals surface area contributed by atoms with Crippen LogP contribution in [0.5, 0.6) is 0 Å². The molecule has 0 spiro atoms. The van der Waals surface area contributed by atoms with Crippen LogP contribution in [0.3, 0.4) is 0 Å². The zero-order valence-corrected chi connectivity index (χ0v) is 16.5. The fourth-order valence-electron chi connectivity index (χ4n) is 3.16. The van der Waals surface area contributed by atoms with Gasteiger partial charge in [0.2, 0.25) is 10.0 Å². The Bertz CT molecular complexity index is 924. The van der Waals surface area contributed by atoms with E-state index in [0.29, 0.717) is 37.3 Å². The lowest BCUT2D eigenvalue weighted by Crippen LogP contribution is -2.37. The Morgan fingerprint density at radius 2 is 1.70 bits per heavy atom. The molecule has 2 N–H and O–H groups in total. The summed E-state index contributed by atoms with van der Waals surface area (Å²) in [6.07, 6.45) is 1.29. The van der Waals surface area contributed by atoms with E-state index in [0.717, 1.165) is 16.7 Å². The molecule has 0 bridgehead atoms. The van der Waals surface area contributed by atoms with Gasteiger partial charge in [-0.25, -0.2) is 13.2 Å². The monoisotopic (exact) mass is 387 g/mol. The Hall–Kier alpha value is -2.38. The summed E-state index contributed by atoms with van der Waals surface area (Å²) in [4.78, 5) is 12.2. The highest BCUT2D eigenvalue weighted by Crippen LogP contribution is 2.25. The SMILES string of the molecule is CCCS(=O)(=O)N1CCc2ccc(NC(=O)Nc3ccc(C)cc3)cc2C1. The van der Waals surface area contributed by atoms with Crippen LogP contribution < -0.4 is 10.6 Å². The molecule has 144 valence electrons. The number of nitrogens with one attached hydrogen (secondary N) is 2. The highest BCUT2D eigenvalue weighted by Gasteiger charge is 2.26. The Balaban J connectivity index is 1.68. The van der Waals surface area contributed by atoms with E-state index in [1.54, 1.807) is 0 Å². The topological polar surface area (TPSA) is 78.5 Å². The molecule has 0 unspecified atom stereocenters. The van der Waals surface area contributed by atoms with Gasteiger partial charge in [-0.1, -0.05) is 30.7 Å². The molecule has 27 heavy (non-hydrogen) atoms. The van der Waals surface area contributed by atoms with E-state index in [1.165, 1.54) is 4.31 Å². The maximum Gasteiger partial charge on any atom is 0.323 e. The number of rotatable bonds is 5. The fraction of sp³-hybridized carbons (Fsp3) is 0.350. The van der Waals surface area contributed by atoms with Crippen LogP contribution >= 0.6 is 0 Å². The van der Waals surface area contributed by atoms with Gasteiger partial charge < -0.3 is 10.6 Å². The summed E-state index contributed by atoms with van der Waals surface area (Å²) in [6.45, 7) is 4.72. The lowest BCUT2D eigenvalue weighted by Gasteiger charge is -2.28. The van der Waals surface area contributed by atoms with Crippen LogP contribution in [-0.4, -0.2) is 31.1 Å². The molecule has 0 aromatic heterocycles. The summed E-state index contributed by atoms with van der Waals surface area (Å²) in [5.74, 6) is 0.166. The van der Waals surface area contributed by atoms with Crippen LogP contribution in [0.25, 0.3) is 0 Å². The third-order valence-electron chi connectivity index (χ3n) is 4.61. The highest BCUT2D eigenvalue weighted by molar-refractivity contribution is 7.89. The molecule has 0 radical (unpaired) electrons. The molecule has 2 aromatic carbocycles. The predicted molar refractivity (Wildman–Crippen MR) is 108 cm³/mol. The Morgan fingerprint density at radius 1 is 1.04 bits per heavy atom. The Labute approximate surface area is 160 Å². The van der Waals surface area contributed by atoms with Crippen LogP contribution in [0.2, 0.25) is 0 Å². The zero-order valence-electron chi connectivity index (χ0n) is 15.7. The van der Waals surface area contributed by atoms with Gasteiger partial charge >= 0.3 is 6.03 Å². The van der Waals surface area contributed by atoms with E-state index in [9.17, 15) is 13.2 Å². The second-order valence-electron chi connectivity index (χ2n) is 6.83. The van der Waals surface area contributed by atoms with Crippen molar-refractivity contribution in [2.45, 2.75) is 33.2 Å². The van der Waals surface area contributed by atoms with Gasteiger partial charge in [0.05, 0.1) is 5.75 Å². The summed E-state index contributed by atoms with van der Waals surface area (Å²) < 4.78 is 26.2. The number of hydrogen-bond donors (Lipinski definition) is 2. The molecule has 0 atom stereocenters. The van der Waals surface area contributed by atoms with Crippen LogP contribution in [0, 0.1) is 6.92 Å². The number of fused-ring (bicyclic) bond motifs is 1. The third-order valence-corrected chi connectivity index (χ3v) is 6.63. The summed E-state index contributed by atoms with van der Waals surface area (Å²) in [5, 5.41) is 5.61. The first-order valence-corrected chi connectivity index (χ1v) is 10.7. The van der Waals surface area contributed by atoms with E-state index in [4.69, 9.17) is 0 Å². The lowest BCUT2D eigenvalue weighted by atomic mass is 10.0. The molecule has 1 aliphatic heterocycles. The maximum absolute atomic E-state index is 12.3. The number of amides is 2. The van der Waals surface area contributed by atoms with Gasteiger partial charge in [0.15, 0.2) is 0 Å². The van der Waals surface area contributed by atoms with E-state index in [1.807, 2.05) is 56.3 Å². The second kappa shape index (κ2) is 8.10. The van der Waals surface area contributed by atoms with Crippen molar-refractivity contribution in [3.8, 4) is 0 Å². The molecule has 0 saturated heterocycles. The van der Waals surface area contributed by atoms with Crippen molar-refractivity contribution in [2.24, 2.45) is 0 Å². The molecule has 6 nitrogen and oxygen atoms in total.